The molecule has 33 heavy (non-hydrogen) atoms. The fraction of sp³-hybridized carbons (Fsp3) is 0.154. The van der Waals surface area contributed by atoms with Gasteiger partial charge in [0.15, 0.2) is 17.2 Å². The number of cyclic esters (lactones) is 1. The minimum absolute atomic E-state index is 0.236. The van der Waals surface area contributed by atoms with Gasteiger partial charge >= 0.3 is 5.97 Å². The van der Waals surface area contributed by atoms with Crippen LogP contribution in [-0.4, -0.2) is 18.5 Å². The molecule has 0 radical (unpaired) electrons. The van der Waals surface area contributed by atoms with Crippen LogP contribution < -0.4 is 9.47 Å². The molecule has 3 aromatic rings. The van der Waals surface area contributed by atoms with E-state index in [0.29, 0.717) is 24.7 Å². The normalized spacial score (nSPS) is 14.2. The molecule has 7 heteroatoms. The van der Waals surface area contributed by atoms with Crippen LogP contribution in [0, 0.1) is 10.5 Å². The van der Waals surface area contributed by atoms with Crippen molar-refractivity contribution >= 4 is 56.5 Å². The highest BCUT2D eigenvalue weighted by atomic mass is 127. The van der Waals surface area contributed by atoms with Gasteiger partial charge in [0.05, 0.1) is 10.2 Å². The highest BCUT2D eigenvalue weighted by Gasteiger charge is 2.24. The second-order valence-electron chi connectivity index (χ2n) is 7.38. The standard InChI is InChI=1S/C26H21BrINO4/c1-3-31-23-14-18(12-21(28)24(23)32-15-17-6-4-5-16(2)11-17)13-22-26(30)33-25(29-22)19-7-9-20(27)10-8-19/h4-14H,3,15H2,1-2H3/b22-13-. The van der Waals surface area contributed by atoms with Gasteiger partial charge in [-0.25, -0.2) is 9.79 Å². The topological polar surface area (TPSA) is 57.1 Å². The molecule has 0 spiro atoms. The van der Waals surface area contributed by atoms with Crippen LogP contribution in [0.4, 0.5) is 0 Å². The zero-order valence-corrected chi connectivity index (χ0v) is 21.8. The van der Waals surface area contributed by atoms with Gasteiger partial charge in [0.2, 0.25) is 5.90 Å². The van der Waals surface area contributed by atoms with Crippen LogP contribution in [0.15, 0.2) is 75.8 Å². The Balaban J connectivity index is 1.61. The van der Waals surface area contributed by atoms with Crippen molar-refractivity contribution in [3.05, 3.63) is 96.7 Å². The van der Waals surface area contributed by atoms with Crippen molar-refractivity contribution in [1.82, 2.24) is 0 Å². The minimum Gasteiger partial charge on any atom is -0.490 e. The molecule has 168 valence electrons. The molecule has 1 aliphatic rings. The molecule has 1 aliphatic heterocycles. The first-order chi connectivity index (χ1) is 15.9. The molecule has 0 saturated heterocycles. The van der Waals surface area contributed by atoms with E-state index in [-0.39, 0.29) is 11.6 Å². The summed E-state index contributed by atoms with van der Waals surface area (Å²) in [7, 11) is 0. The molecule has 0 amide bonds. The molecule has 0 saturated carbocycles. The number of aliphatic imine (C=N–C) groups is 1. The number of nitrogens with zero attached hydrogens (tertiary/aromatic N) is 1. The lowest BCUT2D eigenvalue weighted by Gasteiger charge is -2.15. The van der Waals surface area contributed by atoms with Gasteiger partial charge in [0.1, 0.15) is 6.61 Å². The second-order valence-corrected chi connectivity index (χ2v) is 9.46. The van der Waals surface area contributed by atoms with E-state index in [0.717, 1.165) is 24.7 Å². The molecule has 3 aromatic carbocycles. The summed E-state index contributed by atoms with van der Waals surface area (Å²) in [6.07, 6.45) is 1.70. The van der Waals surface area contributed by atoms with Gasteiger partial charge < -0.3 is 14.2 Å². The van der Waals surface area contributed by atoms with Crippen molar-refractivity contribution in [2.24, 2.45) is 4.99 Å². The number of benzene rings is 3. The number of carbonyl (C=O) groups excluding carboxylic acids is 1. The molecule has 4 rings (SSSR count). The molecular formula is C26H21BrINO4. The minimum atomic E-state index is -0.485. The molecular weight excluding hydrogens is 597 g/mol. The van der Waals surface area contributed by atoms with Gasteiger partial charge in [-0.15, -0.1) is 0 Å². The third-order valence-electron chi connectivity index (χ3n) is 4.81. The number of hydrogen-bond donors (Lipinski definition) is 0. The van der Waals surface area contributed by atoms with Crippen molar-refractivity contribution in [1.29, 1.82) is 0 Å². The van der Waals surface area contributed by atoms with Crippen molar-refractivity contribution in [2.75, 3.05) is 6.61 Å². The maximum atomic E-state index is 12.4. The highest BCUT2D eigenvalue weighted by molar-refractivity contribution is 14.1. The first-order valence-electron chi connectivity index (χ1n) is 10.4. The SMILES string of the molecule is CCOc1cc(/C=C2\N=C(c3ccc(Br)cc3)OC2=O)cc(I)c1OCc1cccc(C)c1. The smallest absolute Gasteiger partial charge is 0.363 e. The number of rotatable bonds is 7. The largest absolute Gasteiger partial charge is 0.490 e. The van der Waals surface area contributed by atoms with Crippen molar-refractivity contribution in [3.63, 3.8) is 0 Å². The number of ether oxygens (including phenoxy) is 3. The Morgan fingerprint density at radius 1 is 1.09 bits per heavy atom. The molecule has 0 atom stereocenters. The molecule has 0 fully saturated rings. The summed E-state index contributed by atoms with van der Waals surface area (Å²) in [6.45, 7) is 4.90. The molecule has 0 N–H and O–H groups in total. The molecule has 0 aromatic heterocycles. The lowest BCUT2D eigenvalue weighted by Crippen LogP contribution is -2.05. The summed E-state index contributed by atoms with van der Waals surface area (Å²) in [4.78, 5) is 16.8. The lowest BCUT2D eigenvalue weighted by molar-refractivity contribution is -0.129. The van der Waals surface area contributed by atoms with Crippen LogP contribution in [0.5, 0.6) is 11.5 Å². The van der Waals surface area contributed by atoms with E-state index in [1.165, 1.54) is 5.56 Å². The van der Waals surface area contributed by atoms with Crippen LogP contribution in [0.1, 0.15) is 29.2 Å². The zero-order valence-electron chi connectivity index (χ0n) is 18.1. The Hall–Kier alpha value is -2.65. The Kier molecular flexibility index (Phi) is 7.49. The van der Waals surface area contributed by atoms with Gasteiger partial charge in [0.25, 0.3) is 0 Å². The number of carbonyl (C=O) groups is 1. The Labute approximate surface area is 214 Å². The monoisotopic (exact) mass is 617 g/mol. The number of aryl methyl sites for hydroxylation is 1. The van der Waals surface area contributed by atoms with Crippen molar-refractivity contribution in [2.45, 2.75) is 20.5 Å². The third-order valence-corrected chi connectivity index (χ3v) is 6.14. The Morgan fingerprint density at radius 2 is 1.88 bits per heavy atom. The summed E-state index contributed by atoms with van der Waals surface area (Å²) >= 11 is 5.62. The van der Waals surface area contributed by atoms with Gasteiger partial charge in [-0.1, -0.05) is 45.8 Å². The molecule has 0 aliphatic carbocycles. The van der Waals surface area contributed by atoms with E-state index < -0.39 is 5.97 Å². The predicted molar refractivity (Wildman–Crippen MR) is 141 cm³/mol. The highest BCUT2D eigenvalue weighted by Crippen LogP contribution is 2.36. The van der Waals surface area contributed by atoms with E-state index in [1.54, 1.807) is 6.08 Å². The van der Waals surface area contributed by atoms with E-state index >= 15 is 0 Å². The molecule has 0 unspecified atom stereocenters. The lowest BCUT2D eigenvalue weighted by atomic mass is 10.1. The third kappa shape index (κ3) is 5.83. The average molecular weight is 618 g/mol. The number of hydrogen-bond acceptors (Lipinski definition) is 5. The first kappa shape index (κ1) is 23.5. The molecule has 5 nitrogen and oxygen atoms in total. The summed E-state index contributed by atoms with van der Waals surface area (Å²) in [5, 5.41) is 0. The van der Waals surface area contributed by atoms with Gasteiger partial charge in [0, 0.05) is 10.0 Å². The molecule has 1 heterocycles. The quantitative estimate of drug-likeness (QED) is 0.169. The summed E-state index contributed by atoms with van der Waals surface area (Å²) in [6, 6.07) is 19.4. The van der Waals surface area contributed by atoms with Crippen LogP contribution >= 0.6 is 38.5 Å². The van der Waals surface area contributed by atoms with E-state index in [2.05, 4.69) is 62.6 Å². The van der Waals surface area contributed by atoms with E-state index in [1.807, 2.05) is 55.5 Å². The van der Waals surface area contributed by atoms with E-state index in [9.17, 15) is 4.79 Å². The van der Waals surface area contributed by atoms with Crippen LogP contribution in [0.2, 0.25) is 0 Å². The van der Waals surface area contributed by atoms with Gasteiger partial charge in [-0.05, 0) is 90.0 Å². The average Bonchev–Trinajstić information content (AvgIpc) is 3.14. The fourth-order valence-electron chi connectivity index (χ4n) is 3.31. The Morgan fingerprint density at radius 3 is 2.61 bits per heavy atom. The maximum Gasteiger partial charge on any atom is 0.363 e. The fourth-order valence-corrected chi connectivity index (χ4v) is 4.36. The number of esters is 1. The van der Waals surface area contributed by atoms with Crippen molar-refractivity contribution < 1.29 is 19.0 Å². The first-order valence-corrected chi connectivity index (χ1v) is 12.2. The summed E-state index contributed by atoms with van der Waals surface area (Å²) in [5.74, 6) is 1.10. The number of halogens is 2. The van der Waals surface area contributed by atoms with Gasteiger partial charge in [-0.3, -0.25) is 0 Å². The second kappa shape index (κ2) is 10.5. The van der Waals surface area contributed by atoms with E-state index in [4.69, 9.17) is 14.2 Å². The molecule has 0 bridgehead atoms. The predicted octanol–water partition coefficient (Wildman–Crippen LogP) is 6.68. The maximum absolute atomic E-state index is 12.4. The van der Waals surface area contributed by atoms with Crippen LogP contribution in [-0.2, 0) is 16.1 Å². The Bertz CT molecular complexity index is 1250. The zero-order chi connectivity index (χ0) is 23.4. The summed E-state index contributed by atoms with van der Waals surface area (Å²) < 4.78 is 19.2. The van der Waals surface area contributed by atoms with Crippen molar-refractivity contribution in [3.8, 4) is 11.5 Å². The van der Waals surface area contributed by atoms with Crippen LogP contribution in [0.25, 0.3) is 6.08 Å². The summed E-state index contributed by atoms with van der Waals surface area (Å²) in [5.41, 5.74) is 4.02. The van der Waals surface area contributed by atoms with Gasteiger partial charge in [-0.2, -0.15) is 0 Å². The van der Waals surface area contributed by atoms with Crippen LogP contribution in [0.3, 0.4) is 0 Å².